The third kappa shape index (κ3) is 1.69. The molecule has 0 radical (unpaired) electrons. The Kier molecular flexibility index (Phi) is 2.57. The van der Waals surface area contributed by atoms with E-state index < -0.39 is 0 Å². The van der Waals surface area contributed by atoms with Crippen LogP contribution in [0.5, 0.6) is 0 Å². The van der Waals surface area contributed by atoms with E-state index in [4.69, 9.17) is 22.6 Å². The molecule has 0 fully saturated rings. The second kappa shape index (κ2) is 3.46. The van der Waals surface area contributed by atoms with Gasteiger partial charge in [0.1, 0.15) is 0 Å². The number of hydrogen-bond donors (Lipinski definition) is 1. The van der Waals surface area contributed by atoms with Crippen molar-refractivity contribution in [2.45, 2.75) is 13.3 Å². The minimum atomic E-state index is 0.338. The first-order valence-electron chi connectivity index (χ1n) is 3.56. The van der Waals surface area contributed by atoms with Gasteiger partial charge in [0.15, 0.2) is 0 Å². The van der Waals surface area contributed by atoms with E-state index in [1.807, 2.05) is 13.0 Å². The zero-order chi connectivity index (χ0) is 9.14. The molecular weight excluding hydrogens is 172 g/mol. The Morgan fingerprint density at radius 3 is 2.75 bits per heavy atom. The monoisotopic (exact) mass is 180 g/mol. The molecule has 0 heterocycles. The lowest BCUT2D eigenvalue weighted by molar-refractivity contribution is 1.21. The summed E-state index contributed by atoms with van der Waals surface area (Å²) in [6.07, 6.45) is 0.338. The highest BCUT2D eigenvalue weighted by atomic mass is 35.5. The van der Waals surface area contributed by atoms with Crippen molar-refractivity contribution < 1.29 is 0 Å². The number of nitriles is 1. The summed E-state index contributed by atoms with van der Waals surface area (Å²) in [5.41, 5.74) is 8.04. The van der Waals surface area contributed by atoms with Crippen LogP contribution in [0.25, 0.3) is 0 Å². The van der Waals surface area contributed by atoms with Crippen molar-refractivity contribution in [2.75, 3.05) is 5.73 Å². The molecule has 3 heteroatoms. The van der Waals surface area contributed by atoms with E-state index >= 15 is 0 Å². The maximum absolute atomic E-state index is 8.50. The van der Waals surface area contributed by atoms with Crippen LogP contribution >= 0.6 is 11.6 Å². The molecule has 2 N–H and O–H groups in total. The van der Waals surface area contributed by atoms with Gasteiger partial charge in [-0.2, -0.15) is 5.26 Å². The molecule has 0 saturated carbocycles. The molecule has 0 amide bonds. The summed E-state index contributed by atoms with van der Waals surface area (Å²) in [5, 5.41) is 9.08. The van der Waals surface area contributed by atoms with Gasteiger partial charge in [0.25, 0.3) is 0 Å². The molecule has 1 aromatic carbocycles. The van der Waals surface area contributed by atoms with Crippen molar-refractivity contribution in [2.24, 2.45) is 0 Å². The van der Waals surface area contributed by atoms with Crippen LogP contribution in [0, 0.1) is 18.3 Å². The normalized spacial score (nSPS) is 9.42. The van der Waals surface area contributed by atoms with Crippen molar-refractivity contribution in [3.8, 4) is 6.07 Å². The van der Waals surface area contributed by atoms with Crippen molar-refractivity contribution in [1.29, 1.82) is 5.26 Å². The van der Waals surface area contributed by atoms with Crippen LogP contribution in [0.15, 0.2) is 12.1 Å². The van der Waals surface area contributed by atoms with Gasteiger partial charge in [-0.1, -0.05) is 11.6 Å². The summed E-state index contributed by atoms with van der Waals surface area (Å²) < 4.78 is 0. The molecule has 0 saturated heterocycles. The molecule has 0 aliphatic carbocycles. The molecule has 0 aliphatic heterocycles. The van der Waals surface area contributed by atoms with Crippen molar-refractivity contribution in [3.05, 3.63) is 28.3 Å². The first-order valence-corrected chi connectivity index (χ1v) is 3.94. The number of nitrogens with zero attached hydrogens (tertiary/aromatic N) is 1. The Hall–Kier alpha value is -1.20. The van der Waals surface area contributed by atoms with Crippen LogP contribution in [0.4, 0.5) is 5.69 Å². The van der Waals surface area contributed by atoms with Crippen LogP contribution < -0.4 is 5.73 Å². The van der Waals surface area contributed by atoms with E-state index in [0.29, 0.717) is 17.1 Å². The van der Waals surface area contributed by atoms with Gasteiger partial charge in [0.2, 0.25) is 0 Å². The lowest BCUT2D eigenvalue weighted by Crippen LogP contribution is -1.93. The Bertz CT molecular complexity index is 316. The molecule has 62 valence electrons. The van der Waals surface area contributed by atoms with Gasteiger partial charge < -0.3 is 5.73 Å². The summed E-state index contributed by atoms with van der Waals surface area (Å²) in [6.45, 7) is 1.90. The van der Waals surface area contributed by atoms with Crippen LogP contribution in [-0.2, 0) is 6.42 Å². The SMILES string of the molecule is Cc1cc(N)cc(Cl)c1CC#N. The molecular formula is C9H9ClN2. The second-order valence-electron chi connectivity index (χ2n) is 2.63. The fraction of sp³-hybridized carbons (Fsp3) is 0.222. The first kappa shape index (κ1) is 8.89. The van der Waals surface area contributed by atoms with Gasteiger partial charge in [-0.25, -0.2) is 0 Å². The fourth-order valence-corrected chi connectivity index (χ4v) is 1.45. The zero-order valence-corrected chi connectivity index (χ0v) is 7.52. The van der Waals surface area contributed by atoms with E-state index in [1.54, 1.807) is 6.07 Å². The lowest BCUT2D eigenvalue weighted by atomic mass is 10.1. The van der Waals surface area contributed by atoms with E-state index in [1.165, 1.54) is 0 Å². The van der Waals surface area contributed by atoms with E-state index in [2.05, 4.69) is 6.07 Å². The number of anilines is 1. The van der Waals surface area contributed by atoms with Crippen molar-refractivity contribution in [1.82, 2.24) is 0 Å². The summed E-state index contributed by atoms with van der Waals surface area (Å²) in [4.78, 5) is 0. The number of hydrogen-bond acceptors (Lipinski definition) is 2. The van der Waals surface area contributed by atoms with Gasteiger partial charge in [0, 0.05) is 10.7 Å². The molecule has 0 spiro atoms. The number of nitrogen functional groups attached to an aromatic ring is 1. The minimum absolute atomic E-state index is 0.338. The Morgan fingerprint density at radius 2 is 2.25 bits per heavy atom. The number of nitrogens with two attached hydrogens (primary N) is 1. The first-order chi connectivity index (χ1) is 5.65. The predicted octanol–water partition coefficient (Wildman–Crippen LogP) is 2.30. The zero-order valence-electron chi connectivity index (χ0n) is 6.76. The van der Waals surface area contributed by atoms with E-state index in [0.717, 1.165) is 11.1 Å². The van der Waals surface area contributed by atoms with E-state index in [9.17, 15) is 0 Å². The third-order valence-electron chi connectivity index (χ3n) is 1.70. The maximum atomic E-state index is 8.50. The Morgan fingerprint density at radius 1 is 1.58 bits per heavy atom. The summed E-state index contributed by atoms with van der Waals surface area (Å²) in [5.74, 6) is 0. The second-order valence-corrected chi connectivity index (χ2v) is 3.04. The smallest absolute Gasteiger partial charge is 0.0670 e. The molecule has 1 rings (SSSR count). The standard InChI is InChI=1S/C9H9ClN2/c1-6-4-7(12)5-9(10)8(6)2-3-11/h4-5H,2,12H2,1H3. The van der Waals surface area contributed by atoms with Crippen LogP contribution in [0.2, 0.25) is 5.02 Å². The van der Waals surface area contributed by atoms with Crippen LogP contribution in [-0.4, -0.2) is 0 Å². The van der Waals surface area contributed by atoms with Gasteiger partial charge in [-0.3, -0.25) is 0 Å². The molecule has 0 unspecified atom stereocenters. The molecule has 0 bridgehead atoms. The number of aryl methyl sites for hydroxylation is 1. The molecule has 0 atom stereocenters. The fourth-order valence-electron chi connectivity index (χ4n) is 1.10. The van der Waals surface area contributed by atoms with Crippen LogP contribution in [0.3, 0.4) is 0 Å². The highest BCUT2D eigenvalue weighted by molar-refractivity contribution is 6.31. The highest BCUT2D eigenvalue weighted by Crippen LogP contribution is 2.23. The number of benzene rings is 1. The molecule has 2 nitrogen and oxygen atoms in total. The quantitative estimate of drug-likeness (QED) is 0.675. The van der Waals surface area contributed by atoms with Crippen molar-refractivity contribution in [3.63, 3.8) is 0 Å². The van der Waals surface area contributed by atoms with Gasteiger partial charge in [-0.15, -0.1) is 0 Å². The van der Waals surface area contributed by atoms with Gasteiger partial charge >= 0.3 is 0 Å². The average molecular weight is 181 g/mol. The molecule has 12 heavy (non-hydrogen) atoms. The van der Waals surface area contributed by atoms with E-state index in [-0.39, 0.29) is 0 Å². The summed E-state index contributed by atoms with van der Waals surface area (Å²) in [7, 11) is 0. The molecule has 1 aromatic rings. The predicted molar refractivity (Wildman–Crippen MR) is 49.9 cm³/mol. The molecule has 0 aromatic heterocycles. The number of halogens is 1. The van der Waals surface area contributed by atoms with Gasteiger partial charge in [0.05, 0.1) is 12.5 Å². The summed E-state index contributed by atoms with van der Waals surface area (Å²) in [6, 6.07) is 5.55. The number of rotatable bonds is 1. The summed E-state index contributed by atoms with van der Waals surface area (Å²) >= 11 is 5.88. The van der Waals surface area contributed by atoms with Gasteiger partial charge in [-0.05, 0) is 30.2 Å². The molecule has 0 aliphatic rings. The lowest BCUT2D eigenvalue weighted by Gasteiger charge is -2.05. The Labute approximate surface area is 76.6 Å². The van der Waals surface area contributed by atoms with Crippen LogP contribution in [0.1, 0.15) is 11.1 Å². The topological polar surface area (TPSA) is 49.8 Å². The van der Waals surface area contributed by atoms with Crippen molar-refractivity contribution >= 4 is 17.3 Å². The maximum Gasteiger partial charge on any atom is 0.0670 e. The minimum Gasteiger partial charge on any atom is -0.399 e. The average Bonchev–Trinajstić information content (AvgIpc) is 1.96. The largest absolute Gasteiger partial charge is 0.399 e. The Balaban J connectivity index is 3.21. The third-order valence-corrected chi connectivity index (χ3v) is 2.03. The highest BCUT2D eigenvalue weighted by Gasteiger charge is 2.04.